The lowest BCUT2D eigenvalue weighted by atomic mass is 9.92. The summed E-state index contributed by atoms with van der Waals surface area (Å²) in [6.07, 6.45) is 0. The molecule has 0 amide bonds. The molecule has 2 heteroatoms. The second kappa shape index (κ2) is 13.4. The Kier molecular flexibility index (Phi) is 7.85. The number of para-hydroxylation sites is 2. The number of benzene rings is 9. The Morgan fingerprint density at radius 1 is 0.333 bits per heavy atom. The average molecular weight is 690 g/mol. The standard InChI is InChI=1S/C52H35NO/c1-3-17-37(18-4-1)43-24-9-10-25-45(43)46-26-11-13-28-48(46)53(42-23-15-22-40(35-42)41-31-30-36-16-7-8-21-39(36)34-41)49-33-32-44(38-19-5-2-6-20-38)52-51(49)47-27-12-14-29-50(47)54-52/h1-35H. The van der Waals surface area contributed by atoms with E-state index in [-0.39, 0.29) is 0 Å². The van der Waals surface area contributed by atoms with Gasteiger partial charge >= 0.3 is 0 Å². The molecule has 9 aromatic carbocycles. The first-order valence-electron chi connectivity index (χ1n) is 18.4. The Morgan fingerprint density at radius 3 is 1.76 bits per heavy atom. The largest absolute Gasteiger partial charge is 0.455 e. The molecule has 0 aliphatic carbocycles. The summed E-state index contributed by atoms with van der Waals surface area (Å²) in [4.78, 5) is 2.43. The number of anilines is 3. The van der Waals surface area contributed by atoms with E-state index in [1.807, 2.05) is 6.07 Å². The van der Waals surface area contributed by atoms with E-state index in [9.17, 15) is 0 Å². The first-order chi connectivity index (χ1) is 26.8. The fourth-order valence-corrected chi connectivity index (χ4v) is 7.93. The summed E-state index contributed by atoms with van der Waals surface area (Å²) in [5, 5.41) is 4.62. The molecule has 0 fully saturated rings. The minimum absolute atomic E-state index is 0.865. The van der Waals surface area contributed by atoms with Crippen LogP contribution in [0.15, 0.2) is 217 Å². The normalized spacial score (nSPS) is 11.3. The van der Waals surface area contributed by atoms with E-state index in [1.54, 1.807) is 0 Å². The van der Waals surface area contributed by atoms with Crippen molar-refractivity contribution in [2.24, 2.45) is 0 Å². The van der Waals surface area contributed by atoms with Crippen molar-refractivity contribution in [3.63, 3.8) is 0 Å². The fourth-order valence-electron chi connectivity index (χ4n) is 7.93. The van der Waals surface area contributed by atoms with Gasteiger partial charge in [0.05, 0.1) is 16.8 Å². The first-order valence-corrected chi connectivity index (χ1v) is 18.4. The van der Waals surface area contributed by atoms with Gasteiger partial charge in [0.15, 0.2) is 0 Å². The average Bonchev–Trinajstić information content (AvgIpc) is 3.65. The highest BCUT2D eigenvalue weighted by molar-refractivity contribution is 6.17. The maximum absolute atomic E-state index is 6.80. The summed E-state index contributed by atoms with van der Waals surface area (Å²) < 4.78 is 6.80. The van der Waals surface area contributed by atoms with E-state index < -0.39 is 0 Å². The van der Waals surface area contributed by atoms with Crippen LogP contribution in [0.1, 0.15) is 0 Å². The van der Waals surface area contributed by atoms with Crippen LogP contribution in [-0.2, 0) is 0 Å². The van der Waals surface area contributed by atoms with Crippen molar-refractivity contribution >= 4 is 49.8 Å². The molecule has 0 atom stereocenters. The van der Waals surface area contributed by atoms with Crippen molar-refractivity contribution in [3.05, 3.63) is 212 Å². The Balaban J connectivity index is 1.26. The molecule has 2 nitrogen and oxygen atoms in total. The predicted molar refractivity (Wildman–Crippen MR) is 228 cm³/mol. The summed E-state index contributed by atoms with van der Waals surface area (Å²) in [5.74, 6) is 0. The van der Waals surface area contributed by atoms with E-state index in [1.165, 1.54) is 33.0 Å². The Bertz CT molecular complexity index is 2940. The molecule has 0 radical (unpaired) electrons. The van der Waals surface area contributed by atoms with Crippen LogP contribution in [0.5, 0.6) is 0 Å². The van der Waals surface area contributed by atoms with Gasteiger partial charge in [0.2, 0.25) is 0 Å². The molecule has 1 heterocycles. The fraction of sp³-hybridized carbons (Fsp3) is 0. The molecule has 0 aliphatic rings. The van der Waals surface area contributed by atoms with Crippen LogP contribution in [0.3, 0.4) is 0 Å². The van der Waals surface area contributed by atoms with E-state index in [4.69, 9.17) is 4.42 Å². The number of hydrogen-bond donors (Lipinski definition) is 0. The van der Waals surface area contributed by atoms with Crippen molar-refractivity contribution in [1.82, 2.24) is 0 Å². The highest BCUT2D eigenvalue weighted by Gasteiger charge is 2.25. The van der Waals surface area contributed by atoms with Gasteiger partial charge in [-0.3, -0.25) is 0 Å². The molecule has 0 saturated carbocycles. The summed E-state index contributed by atoms with van der Waals surface area (Å²) in [6.45, 7) is 0. The number of rotatable bonds is 7. The van der Waals surface area contributed by atoms with Gasteiger partial charge in [-0.05, 0) is 86.6 Å². The van der Waals surface area contributed by atoms with Gasteiger partial charge < -0.3 is 9.32 Å². The maximum atomic E-state index is 6.80. The summed E-state index contributed by atoms with van der Waals surface area (Å²) in [7, 11) is 0. The van der Waals surface area contributed by atoms with Gasteiger partial charge in [0, 0.05) is 22.2 Å². The monoisotopic (exact) mass is 689 g/mol. The van der Waals surface area contributed by atoms with Gasteiger partial charge in [-0.15, -0.1) is 0 Å². The third-order valence-corrected chi connectivity index (χ3v) is 10.5. The Morgan fingerprint density at radius 2 is 0.944 bits per heavy atom. The Hall–Kier alpha value is -7.16. The lowest BCUT2D eigenvalue weighted by Gasteiger charge is -2.29. The lowest BCUT2D eigenvalue weighted by Crippen LogP contribution is -2.12. The van der Waals surface area contributed by atoms with Gasteiger partial charge in [-0.1, -0.05) is 170 Å². The van der Waals surface area contributed by atoms with Crippen LogP contribution in [0, 0.1) is 0 Å². The molecular formula is C52H35NO. The highest BCUT2D eigenvalue weighted by atomic mass is 16.3. The van der Waals surface area contributed by atoms with E-state index >= 15 is 0 Å². The molecule has 0 spiro atoms. The van der Waals surface area contributed by atoms with Gasteiger partial charge in [-0.2, -0.15) is 0 Å². The van der Waals surface area contributed by atoms with Gasteiger partial charge in [0.1, 0.15) is 11.2 Å². The van der Waals surface area contributed by atoms with Crippen molar-refractivity contribution in [1.29, 1.82) is 0 Å². The molecule has 1 aromatic heterocycles. The molecule has 0 aliphatic heterocycles. The summed E-state index contributed by atoms with van der Waals surface area (Å²) >= 11 is 0. The topological polar surface area (TPSA) is 16.4 Å². The van der Waals surface area contributed by atoms with Gasteiger partial charge in [0.25, 0.3) is 0 Å². The second-order valence-electron chi connectivity index (χ2n) is 13.7. The van der Waals surface area contributed by atoms with Crippen LogP contribution in [-0.4, -0.2) is 0 Å². The zero-order valence-corrected chi connectivity index (χ0v) is 29.6. The SMILES string of the molecule is c1ccc(-c2ccccc2-c2ccccc2N(c2cccc(-c3ccc4ccccc4c3)c2)c2ccc(-c3ccccc3)c3oc4ccccc4c23)cc1. The smallest absolute Gasteiger partial charge is 0.145 e. The quantitative estimate of drug-likeness (QED) is 0.166. The third kappa shape index (κ3) is 5.53. The van der Waals surface area contributed by atoms with Crippen LogP contribution in [0.2, 0.25) is 0 Å². The highest BCUT2D eigenvalue weighted by Crippen LogP contribution is 2.49. The number of hydrogen-bond acceptors (Lipinski definition) is 2. The molecule has 10 rings (SSSR count). The van der Waals surface area contributed by atoms with Crippen molar-refractivity contribution in [2.45, 2.75) is 0 Å². The molecule has 54 heavy (non-hydrogen) atoms. The second-order valence-corrected chi connectivity index (χ2v) is 13.7. The van der Waals surface area contributed by atoms with E-state index in [0.717, 1.165) is 61.3 Å². The molecule has 0 bridgehead atoms. The van der Waals surface area contributed by atoms with Gasteiger partial charge in [-0.25, -0.2) is 0 Å². The van der Waals surface area contributed by atoms with Crippen LogP contribution >= 0.6 is 0 Å². The van der Waals surface area contributed by atoms with Crippen molar-refractivity contribution in [2.75, 3.05) is 4.90 Å². The predicted octanol–water partition coefficient (Wildman–Crippen LogP) is 14.9. The zero-order valence-electron chi connectivity index (χ0n) is 29.6. The van der Waals surface area contributed by atoms with E-state index in [2.05, 4.69) is 211 Å². The minimum Gasteiger partial charge on any atom is -0.455 e. The molecule has 0 unspecified atom stereocenters. The van der Waals surface area contributed by atoms with Crippen LogP contribution in [0.25, 0.3) is 77.2 Å². The first kappa shape index (κ1) is 31.6. The van der Waals surface area contributed by atoms with E-state index in [0.29, 0.717) is 0 Å². The number of fused-ring (bicyclic) bond motifs is 4. The minimum atomic E-state index is 0.865. The van der Waals surface area contributed by atoms with Crippen LogP contribution < -0.4 is 4.90 Å². The number of nitrogens with zero attached hydrogens (tertiary/aromatic N) is 1. The number of furan rings is 1. The molecule has 10 aromatic rings. The van der Waals surface area contributed by atoms with Crippen LogP contribution in [0.4, 0.5) is 17.1 Å². The molecular weight excluding hydrogens is 655 g/mol. The zero-order chi connectivity index (χ0) is 35.8. The third-order valence-electron chi connectivity index (χ3n) is 10.5. The Labute approximate surface area is 314 Å². The molecule has 0 saturated heterocycles. The maximum Gasteiger partial charge on any atom is 0.145 e. The summed E-state index contributed by atoms with van der Waals surface area (Å²) in [6, 6.07) is 75.9. The summed E-state index contributed by atoms with van der Waals surface area (Å²) in [5.41, 5.74) is 14.1. The van der Waals surface area contributed by atoms with Crippen molar-refractivity contribution in [3.8, 4) is 44.5 Å². The van der Waals surface area contributed by atoms with Crippen molar-refractivity contribution < 1.29 is 4.42 Å². The molecule has 254 valence electrons. The lowest BCUT2D eigenvalue weighted by molar-refractivity contribution is 0.670. The molecule has 0 N–H and O–H groups in total.